The highest BCUT2D eigenvalue weighted by atomic mass is 127. The van der Waals surface area contributed by atoms with E-state index in [1.165, 1.54) is 11.3 Å². The van der Waals surface area contributed by atoms with Crippen LogP contribution in [0.2, 0.25) is 0 Å². The van der Waals surface area contributed by atoms with Gasteiger partial charge in [-0.1, -0.05) is 24.3 Å². The van der Waals surface area contributed by atoms with Crippen molar-refractivity contribution in [2.75, 3.05) is 6.61 Å². The zero-order chi connectivity index (χ0) is 18.7. The predicted octanol–water partition coefficient (Wildman–Crippen LogP) is 4.93. The zero-order valence-corrected chi connectivity index (χ0v) is 16.6. The average molecular weight is 473 g/mol. The number of halogens is 1. The van der Waals surface area contributed by atoms with Crippen LogP contribution in [0, 0.1) is 26.4 Å². The molecule has 26 heavy (non-hydrogen) atoms. The van der Waals surface area contributed by atoms with Crippen molar-refractivity contribution in [3.63, 3.8) is 0 Å². The van der Waals surface area contributed by atoms with E-state index in [1.807, 2.05) is 52.2 Å². The zero-order valence-electron chi connectivity index (χ0n) is 13.7. The van der Waals surface area contributed by atoms with Gasteiger partial charge in [-0.2, -0.15) is 10.5 Å². The molecule has 0 aliphatic rings. The number of esters is 1. The Morgan fingerprint density at radius 1 is 1.19 bits per heavy atom. The van der Waals surface area contributed by atoms with Crippen molar-refractivity contribution in [2.45, 2.75) is 6.92 Å². The number of benzene rings is 1. The molecule has 2 aromatic heterocycles. The number of aromatic nitrogens is 1. The van der Waals surface area contributed by atoms with Crippen molar-refractivity contribution in [3.8, 4) is 33.7 Å². The number of carbonyl (C=O) groups excluding carboxylic acids is 1. The normalized spacial score (nSPS) is 10.2. The van der Waals surface area contributed by atoms with Crippen LogP contribution in [0.3, 0.4) is 0 Å². The second-order valence-electron chi connectivity index (χ2n) is 5.25. The van der Waals surface area contributed by atoms with Crippen molar-refractivity contribution < 1.29 is 9.53 Å². The number of nitrogens with zero attached hydrogens (tertiary/aromatic N) is 2. The summed E-state index contributed by atoms with van der Waals surface area (Å²) < 4.78 is 5.69. The standard InChI is InChI=1S/C19H12IN3O2S/c1-2-25-19(24)16-15(14(10-22)18(20)23-16)11-3-5-12(6-4-11)17-13(9-21)7-8-26-17/h3-8,23H,2H2,1H3. The second-order valence-corrected chi connectivity index (χ2v) is 7.24. The molecular formula is C19H12IN3O2S. The summed E-state index contributed by atoms with van der Waals surface area (Å²) in [6, 6.07) is 13.6. The van der Waals surface area contributed by atoms with Crippen LogP contribution in [-0.4, -0.2) is 17.6 Å². The maximum absolute atomic E-state index is 12.3. The van der Waals surface area contributed by atoms with E-state index >= 15 is 0 Å². The number of nitrogens with one attached hydrogen (secondary N) is 1. The Kier molecular flexibility index (Phi) is 5.40. The van der Waals surface area contributed by atoms with Gasteiger partial charge in [0.25, 0.3) is 0 Å². The van der Waals surface area contributed by atoms with Gasteiger partial charge >= 0.3 is 5.97 Å². The van der Waals surface area contributed by atoms with Crippen LogP contribution < -0.4 is 0 Å². The molecule has 7 heteroatoms. The van der Waals surface area contributed by atoms with E-state index in [1.54, 1.807) is 13.0 Å². The minimum atomic E-state index is -0.490. The van der Waals surface area contributed by atoms with Gasteiger partial charge in [-0.3, -0.25) is 0 Å². The van der Waals surface area contributed by atoms with Gasteiger partial charge in [0.15, 0.2) is 0 Å². The SMILES string of the molecule is CCOC(=O)c1[nH]c(I)c(C#N)c1-c1ccc(-c2sccc2C#N)cc1. The van der Waals surface area contributed by atoms with Gasteiger partial charge in [0.05, 0.1) is 26.3 Å². The summed E-state index contributed by atoms with van der Waals surface area (Å²) >= 11 is 3.50. The van der Waals surface area contributed by atoms with E-state index in [9.17, 15) is 15.3 Å². The Balaban J connectivity index is 2.09. The molecule has 0 unspecified atom stereocenters. The summed E-state index contributed by atoms with van der Waals surface area (Å²) in [6.45, 7) is 1.99. The number of thiophene rings is 1. The lowest BCUT2D eigenvalue weighted by molar-refractivity contribution is 0.0521. The number of nitriles is 2. The predicted molar refractivity (Wildman–Crippen MR) is 108 cm³/mol. The summed E-state index contributed by atoms with van der Waals surface area (Å²) in [5.41, 5.74) is 3.51. The van der Waals surface area contributed by atoms with Gasteiger partial charge in [-0.15, -0.1) is 11.3 Å². The molecule has 0 bridgehead atoms. The Morgan fingerprint density at radius 3 is 2.50 bits per heavy atom. The molecule has 128 valence electrons. The lowest BCUT2D eigenvalue weighted by Crippen LogP contribution is -2.06. The molecule has 3 rings (SSSR count). The molecule has 0 spiro atoms. The highest BCUT2D eigenvalue weighted by Crippen LogP contribution is 2.34. The van der Waals surface area contributed by atoms with Crippen molar-refractivity contribution in [3.05, 3.63) is 56.2 Å². The Labute approximate surface area is 168 Å². The molecule has 2 heterocycles. The van der Waals surface area contributed by atoms with Gasteiger partial charge in [0.1, 0.15) is 17.8 Å². The number of carbonyl (C=O) groups is 1. The minimum absolute atomic E-state index is 0.254. The first-order chi connectivity index (χ1) is 12.6. The summed E-state index contributed by atoms with van der Waals surface area (Å²) in [6.07, 6.45) is 0. The second kappa shape index (κ2) is 7.73. The molecule has 5 nitrogen and oxygen atoms in total. The third-order valence-electron chi connectivity index (χ3n) is 3.77. The van der Waals surface area contributed by atoms with Gasteiger partial charge in [0.2, 0.25) is 0 Å². The number of H-pyrrole nitrogens is 1. The number of aromatic amines is 1. The maximum Gasteiger partial charge on any atom is 0.355 e. The molecule has 0 saturated carbocycles. The largest absolute Gasteiger partial charge is 0.461 e. The van der Waals surface area contributed by atoms with Crippen LogP contribution in [0.15, 0.2) is 35.7 Å². The van der Waals surface area contributed by atoms with Gasteiger partial charge < -0.3 is 9.72 Å². The first-order valence-corrected chi connectivity index (χ1v) is 9.63. The fourth-order valence-electron chi connectivity index (χ4n) is 2.63. The molecule has 0 aliphatic carbocycles. The molecule has 0 amide bonds. The van der Waals surface area contributed by atoms with Crippen LogP contribution in [0.5, 0.6) is 0 Å². The van der Waals surface area contributed by atoms with E-state index < -0.39 is 5.97 Å². The van der Waals surface area contributed by atoms with E-state index in [4.69, 9.17) is 4.74 Å². The lowest BCUT2D eigenvalue weighted by atomic mass is 9.99. The Morgan fingerprint density at radius 2 is 1.88 bits per heavy atom. The van der Waals surface area contributed by atoms with Crippen LogP contribution in [-0.2, 0) is 4.74 Å². The fraction of sp³-hybridized carbons (Fsp3) is 0.105. The topological polar surface area (TPSA) is 89.7 Å². The average Bonchev–Trinajstić information content (AvgIpc) is 3.25. The van der Waals surface area contributed by atoms with Crippen molar-refractivity contribution >= 4 is 39.9 Å². The third kappa shape index (κ3) is 3.24. The molecule has 0 atom stereocenters. The van der Waals surface area contributed by atoms with Crippen LogP contribution in [0.25, 0.3) is 21.6 Å². The quantitative estimate of drug-likeness (QED) is 0.430. The van der Waals surface area contributed by atoms with E-state index in [-0.39, 0.29) is 12.3 Å². The van der Waals surface area contributed by atoms with Crippen molar-refractivity contribution in [1.82, 2.24) is 4.98 Å². The maximum atomic E-state index is 12.3. The van der Waals surface area contributed by atoms with Crippen LogP contribution in [0.1, 0.15) is 28.5 Å². The van der Waals surface area contributed by atoms with Crippen molar-refractivity contribution in [2.24, 2.45) is 0 Å². The fourth-order valence-corrected chi connectivity index (χ4v) is 4.14. The number of hydrogen-bond acceptors (Lipinski definition) is 5. The summed E-state index contributed by atoms with van der Waals surface area (Å²) in [4.78, 5) is 16.1. The first kappa shape index (κ1) is 18.2. The smallest absolute Gasteiger partial charge is 0.355 e. The molecule has 0 aliphatic heterocycles. The summed E-state index contributed by atoms with van der Waals surface area (Å²) in [5.74, 6) is -0.490. The third-order valence-corrected chi connectivity index (χ3v) is 5.54. The van der Waals surface area contributed by atoms with Gasteiger partial charge in [-0.05, 0) is 52.1 Å². The Hall–Kier alpha value is -2.62. The number of ether oxygens (including phenoxy) is 1. The molecule has 3 aromatic rings. The number of rotatable bonds is 4. The van der Waals surface area contributed by atoms with Gasteiger partial charge in [0, 0.05) is 5.56 Å². The van der Waals surface area contributed by atoms with Crippen LogP contribution in [0.4, 0.5) is 0 Å². The molecule has 0 radical (unpaired) electrons. The van der Waals surface area contributed by atoms with E-state index in [2.05, 4.69) is 17.1 Å². The Bertz CT molecular complexity index is 1050. The summed E-state index contributed by atoms with van der Waals surface area (Å²) in [7, 11) is 0. The molecule has 1 aromatic carbocycles. The lowest BCUT2D eigenvalue weighted by Gasteiger charge is -2.06. The first-order valence-electron chi connectivity index (χ1n) is 7.67. The van der Waals surface area contributed by atoms with E-state index in [0.717, 1.165) is 16.0 Å². The molecule has 0 fully saturated rings. The van der Waals surface area contributed by atoms with Crippen LogP contribution >= 0.6 is 33.9 Å². The van der Waals surface area contributed by atoms with Gasteiger partial charge in [-0.25, -0.2) is 4.79 Å². The molecule has 0 saturated heterocycles. The highest BCUT2D eigenvalue weighted by Gasteiger charge is 2.23. The van der Waals surface area contributed by atoms with E-state index in [0.29, 0.717) is 20.4 Å². The summed E-state index contributed by atoms with van der Waals surface area (Å²) in [5, 5.41) is 20.6. The highest BCUT2D eigenvalue weighted by molar-refractivity contribution is 14.1. The number of hydrogen-bond donors (Lipinski definition) is 1. The molecular weight excluding hydrogens is 461 g/mol. The van der Waals surface area contributed by atoms with Crippen molar-refractivity contribution in [1.29, 1.82) is 10.5 Å². The molecule has 1 N–H and O–H groups in total. The minimum Gasteiger partial charge on any atom is -0.461 e. The monoisotopic (exact) mass is 473 g/mol.